The first kappa shape index (κ1) is 21.0. The van der Waals surface area contributed by atoms with Gasteiger partial charge >= 0.3 is 0 Å². The molecule has 0 fully saturated rings. The number of carbonyl (C=O) groups excluding carboxylic acids is 1. The molecule has 3 aromatic carbocycles. The summed E-state index contributed by atoms with van der Waals surface area (Å²) in [5, 5.41) is 0.502. The third kappa shape index (κ3) is 3.59. The van der Waals surface area contributed by atoms with Crippen LogP contribution in [0.15, 0.2) is 75.9 Å². The molecule has 1 atom stereocenters. The number of carbonyl (C=O) groups is 1. The van der Waals surface area contributed by atoms with Gasteiger partial charge in [0.2, 0.25) is 5.76 Å². The van der Waals surface area contributed by atoms with Crippen molar-refractivity contribution in [1.82, 2.24) is 4.90 Å². The number of nitrogens with zero attached hydrogens (tertiary/aromatic N) is 1. The van der Waals surface area contributed by atoms with Crippen molar-refractivity contribution in [2.75, 3.05) is 6.61 Å². The highest BCUT2D eigenvalue weighted by atomic mass is 16.5. The minimum absolute atomic E-state index is 0.130. The highest BCUT2D eigenvalue weighted by Crippen LogP contribution is 2.39. The van der Waals surface area contributed by atoms with Crippen LogP contribution in [0.3, 0.4) is 0 Å². The minimum Gasteiger partial charge on any atom is -0.494 e. The van der Waals surface area contributed by atoms with Crippen LogP contribution in [0.4, 0.5) is 0 Å². The average Bonchev–Trinajstić information content (AvgIpc) is 3.09. The fourth-order valence-corrected chi connectivity index (χ4v) is 4.48. The van der Waals surface area contributed by atoms with Gasteiger partial charge in [-0.2, -0.15) is 0 Å². The van der Waals surface area contributed by atoms with Gasteiger partial charge < -0.3 is 14.1 Å². The lowest BCUT2D eigenvalue weighted by Gasteiger charge is -2.25. The van der Waals surface area contributed by atoms with Gasteiger partial charge in [0, 0.05) is 6.54 Å². The Kier molecular flexibility index (Phi) is 5.25. The molecular weight excluding hydrogens is 414 g/mol. The number of fused-ring (bicyclic) bond motifs is 2. The van der Waals surface area contributed by atoms with Crippen LogP contribution in [0.1, 0.15) is 51.3 Å². The lowest BCUT2D eigenvalue weighted by Crippen LogP contribution is -2.29. The van der Waals surface area contributed by atoms with E-state index in [-0.39, 0.29) is 17.1 Å². The van der Waals surface area contributed by atoms with Gasteiger partial charge in [-0.15, -0.1) is 0 Å². The predicted octanol–water partition coefficient (Wildman–Crippen LogP) is 5.55. The zero-order chi connectivity index (χ0) is 23.1. The second-order valence-corrected chi connectivity index (χ2v) is 8.43. The molecule has 5 nitrogen and oxygen atoms in total. The van der Waals surface area contributed by atoms with Crippen molar-refractivity contribution >= 4 is 16.9 Å². The smallest absolute Gasteiger partial charge is 0.291 e. The van der Waals surface area contributed by atoms with E-state index in [1.54, 1.807) is 4.90 Å². The maximum absolute atomic E-state index is 13.7. The molecule has 1 unspecified atom stereocenters. The van der Waals surface area contributed by atoms with Crippen LogP contribution in [0.5, 0.6) is 5.75 Å². The molecular formula is C28H25NO4. The van der Waals surface area contributed by atoms with E-state index in [9.17, 15) is 9.59 Å². The van der Waals surface area contributed by atoms with Gasteiger partial charge in [0.25, 0.3) is 5.91 Å². The summed E-state index contributed by atoms with van der Waals surface area (Å²) in [7, 11) is 0. The van der Waals surface area contributed by atoms with Crippen LogP contribution in [0, 0.1) is 13.8 Å². The molecule has 1 amide bonds. The maximum atomic E-state index is 13.7. The molecule has 0 saturated carbocycles. The lowest BCUT2D eigenvalue weighted by molar-refractivity contribution is 0.0714. The van der Waals surface area contributed by atoms with Gasteiger partial charge in [0.15, 0.2) is 5.43 Å². The maximum Gasteiger partial charge on any atom is 0.291 e. The van der Waals surface area contributed by atoms with Gasteiger partial charge in [0.1, 0.15) is 11.3 Å². The molecule has 33 heavy (non-hydrogen) atoms. The normalized spacial score (nSPS) is 15.2. The van der Waals surface area contributed by atoms with E-state index in [1.807, 2.05) is 87.5 Å². The number of hydrogen-bond acceptors (Lipinski definition) is 4. The summed E-state index contributed by atoms with van der Waals surface area (Å²) in [6.07, 6.45) is 0. The summed E-state index contributed by atoms with van der Waals surface area (Å²) in [5.74, 6) is 0.604. The highest BCUT2D eigenvalue weighted by molar-refractivity contribution is 5.99. The lowest BCUT2D eigenvalue weighted by atomic mass is 9.97. The molecule has 5 heteroatoms. The van der Waals surface area contributed by atoms with Gasteiger partial charge in [0.05, 0.1) is 23.6 Å². The molecule has 166 valence electrons. The second kappa shape index (κ2) is 8.24. The number of benzene rings is 3. The molecule has 0 bridgehead atoms. The van der Waals surface area contributed by atoms with Crippen molar-refractivity contribution in [3.63, 3.8) is 0 Å². The van der Waals surface area contributed by atoms with Crippen LogP contribution in [-0.2, 0) is 6.54 Å². The number of amides is 1. The second-order valence-electron chi connectivity index (χ2n) is 8.43. The summed E-state index contributed by atoms with van der Waals surface area (Å²) >= 11 is 0. The van der Waals surface area contributed by atoms with E-state index in [0.29, 0.717) is 29.7 Å². The first-order valence-electron chi connectivity index (χ1n) is 11.1. The van der Waals surface area contributed by atoms with Crippen molar-refractivity contribution < 1.29 is 13.9 Å². The van der Waals surface area contributed by atoms with E-state index in [4.69, 9.17) is 9.15 Å². The summed E-state index contributed by atoms with van der Waals surface area (Å²) < 4.78 is 11.7. The molecule has 0 saturated heterocycles. The molecule has 4 aromatic rings. The van der Waals surface area contributed by atoms with Gasteiger partial charge in [-0.05, 0) is 67.3 Å². The molecule has 0 radical (unpaired) electrons. The standard InChI is InChI=1S/C28H25NO4/c1-4-32-21-12-10-20(11-13-21)25-24-26(30)22-14-17(2)18(3)15-23(22)33-27(24)28(31)29(25)16-19-8-6-5-7-9-19/h5-15,25H,4,16H2,1-3H3. The number of hydrogen-bond donors (Lipinski definition) is 0. The van der Waals surface area contributed by atoms with E-state index in [1.165, 1.54) is 0 Å². The molecule has 1 aliphatic rings. The number of aryl methyl sites for hydroxylation is 2. The molecule has 0 spiro atoms. The largest absolute Gasteiger partial charge is 0.494 e. The Morgan fingerprint density at radius 3 is 2.33 bits per heavy atom. The third-order valence-corrected chi connectivity index (χ3v) is 6.28. The third-order valence-electron chi connectivity index (χ3n) is 6.28. The van der Waals surface area contributed by atoms with E-state index < -0.39 is 6.04 Å². The Morgan fingerprint density at radius 1 is 0.939 bits per heavy atom. The Balaban J connectivity index is 1.70. The van der Waals surface area contributed by atoms with E-state index in [0.717, 1.165) is 28.0 Å². The van der Waals surface area contributed by atoms with E-state index >= 15 is 0 Å². The van der Waals surface area contributed by atoms with Crippen LogP contribution in [0.25, 0.3) is 11.0 Å². The summed E-state index contributed by atoms with van der Waals surface area (Å²) in [5.41, 5.74) is 4.54. The topological polar surface area (TPSA) is 59.8 Å². The van der Waals surface area contributed by atoms with Crippen molar-refractivity contribution in [1.29, 1.82) is 0 Å². The molecule has 5 rings (SSSR count). The molecule has 2 heterocycles. The first-order valence-corrected chi connectivity index (χ1v) is 11.1. The van der Waals surface area contributed by atoms with Crippen LogP contribution in [0.2, 0.25) is 0 Å². The fraction of sp³-hybridized carbons (Fsp3) is 0.214. The Hall–Kier alpha value is -3.86. The molecule has 0 N–H and O–H groups in total. The average molecular weight is 440 g/mol. The minimum atomic E-state index is -0.536. The van der Waals surface area contributed by atoms with Gasteiger partial charge in [-0.25, -0.2) is 0 Å². The fourth-order valence-electron chi connectivity index (χ4n) is 4.48. The van der Waals surface area contributed by atoms with Crippen molar-refractivity contribution in [2.45, 2.75) is 33.4 Å². The summed E-state index contributed by atoms with van der Waals surface area (Å²) in [6.45, 7) is 6.81. The molecule has 0 aliphatic carbocycles. The van der Waals surface area contributed by atoms with Crippen molar-refractivity contribution in [3.8, 4) is 5.75 Å². The quantitative estimate of drug-likeness (QED) is 0.409. The zero-order valence-corrected chi connectivity index (χ0v) is 18.9. The van der Waals surface area contributed by atoms with Crippen LogP contribution >= 0.6 is 0 Å². The molecule has 1 aromatic heterocycles. The van der Waals surface area contributed by atoms with Crippen molar-refractivity contribution in [3.05, 3.63) is 111 Å². The predicted molar refractivity (Wildman–Crippen MR) is 128 cm³/mol. The van der Waals surface area contributed by atoms with Crippen LogP contribution < -0.4 is 10.2 Å². The summed E-state index contributed by atoms with van der Waals surface area (Å²) in [6, 6.07) is 20.5. The monoisotopic (exact) mass is 439 g/mol. The summed E-state index contributed by atoms with van der Waals surface area (Å²) in [4.78, 5) is 29.0. The van der Waals surface area contributed by atoms with Crippen LogP contribution in [-0.4, -0.2) is 17.4 Å². The van der Waals surface area contributed by atoms with Gasteiger partial charge in [-0.1, -0.05) is 42.5 Å². The molecule has 1 aliphatic heterocycles. The number of rotatable bonds is 5. The van der Waals surface area contributed by atoms with E-state index in [2.05, 4.69) is 0 Å². The number of ether oxygens (including phenoxy) is 1. The SMILES string of the molecule is CCOc1ccc(C2c3c(oc4cc(C)c(C)cc4c3=O)C(=O)N2Cc2ccccc2)cc1. The Labute approximate surface area is 192 Å². The zero-order valence-electron chi connectivity index (χ0n) is 18.9. The van der Waals surface area contributed by atoms with Crippen molar-refractivity contribution in [2.24, 2.45) is 0 Å². The highest BCUT2D eigenvalue weighted by Gasteiger charge is 2.42. The Bertz CT molecular complexity index is 1400. The first-order chi connectivity index (χ1) is 16.0. The van der Waals surface area contributed by atoms with Gasteiger partial charge in [-0.3, -0.25) is 9.59 Å². The Morgan fingerprint density at radius 2 is 1.64 bits per heavy atom.